The van der Waals surface area contributed by atoms with Crippen LogP contribution in [0.3, 0.4) is 0 Å². The van der Waals surface area contributed by atoms with Gasteiger partial charge < -0.3 is 11.1 Å². The third-order valence-corrected chi connectivity index (χ3v) is 3.22. The number of nitrogens with one attached hydrogen (secondary N) is 1. The minimum atomic E-state index is -0.512. The molecule has 0 atom stereocenters. The Morgan fingerprint density at radius 1 is 1.45 bits per heavy atom. The fraction of sp³-hybridized carbons (Fsp3) is 0.0769. The van der Waals surface area contributed by atoms with E-state index in [-0.39, 0.29) is 0 Å². The molecule has 100 valence electrons. The van der Waals surface area contributed by atoms with Gasteiger partial charge in [-0.25, -0.2) is 9.97 Å². The topological polar surface area (TPSA) is 105 Å². The van der Waals surface area contributed by atoms with Gasteiger partial charge in [-0.15, -0.1) is 11.8 Å². The lowest BCUT2D eigenvalue weighted by Gasteiger charge is -2.09. The Morgan fingerprint density at radius 3 is 2.90 bits per heavy atom. The van der Waals surface area contributed by atoms with Crippen LogP contribution < -0.4 is 11.1 Å². The molecule has 0 aliphatic carbocycles. The average molecular weight is 285 g/mol. The molecule has 2 aromatic rings. The standard InChI is InChI=1S/C13H11N5OS/c1-20-13-10(6-14)12(16-7-17-13)18-9-4-2-3-8(5-9)11(15)19/h2-5,7H,1H3,(H2,15,19)(H,16,17,18). The van der Waals surface area contributed by atoms with Crippen molar-refractivity contribution >= 4 is 29.2 Å². The maximum Gasteiger partial charge on any atom is 0.248 e. The van der Waals surface area contributed by atoms with E-state index >= 15 is 0 Å². The van der Waals surface area contributed by atoms with E-state index in [4.69, 9.17) is 5.73 Å². The Bertz CT molecular complexity index is 695. The maximum absolute atomic E-state index is 11.1. The summed E-state index contributed by atoms with van der Waals surface area (Å²) in [6.45, 7) is 0. The van der Waals surface area contributed by atoms with E-state index in [1.807, 2.05) is 6.26 Å². The van der Waals surface area contributed by atoms with E-state index in [2.05, 4.69) is 21.4 Å². The zero-order valence-corrected chi connectivity index (χ0v) is 11.4. The highest BCUT2D eigenvalue weighted by Crippen LogP contribution is 2.24. The number of carbonyl (C=O) groups excluding carboxylic acids is 1. The summed E-state index contributed by atoms with van der Waals surface area (Å²) in [7, 11) is 0. The predicted molar refractivity (Wildman–Crippen MR) is 76.8 cm³/mol. The van der Waals surface area contributed by atoms with Crippen LogP contribution in [-0.2, 0) is 0 Å². The highest BCUT2D eigenvalue weighted by atomic mass is 32.2. The molecule has 1 aromatic heterocycles. The number of nitrogens with two attached hydrogens (primary N) is 1. The molecule has 1 heterocycles. The number of hydrogen-bond donors (Lipinski definition) is 2. The number of benzene rings is 1. The van der Waals surface area contributed by atoms with Crippen LogP contribution in [-0.4, -0.2) is 22.1 Å². The second kappa shape index (κ2) is 6.04. The van der Waals surface area contributed by atoms with Crippen molar-refractivity contribution in [1.29, 1.82) is 5.26 Å². The van der Waals surface area contributed by atoms with Crippen molar-refractivity contribution in [3.05, 3.63) is 41.7 Å². The van der Waals surface area contributed by atoms with Gasteiger partial charge >= 0.3 is 0 Å². The van der Waals surface area contributed by atoms with Crippen molar-refractivity contribution < 1.29 is 4.79 Å². The van der Waals surface area contributed by atoms with Gasteiger partial charge in [0.05, 0.1) is 0 Å². The summed E-state index contributed by atoms with van der Waals surface area (Å²) >= 11 is 1.37. The highest BCUT2D eigenvalue weighted by Gasteiger charge is 2.11. The van der Waals surface area contributed by atoms with Crippen LogP contribution in [0.1, 0.15) is 15.9 Å². The summed E-state index contributed by atoms with van der Waals surface area (Å²) in [5.74, 6) is -0.116. The Labute approximate surface area is 120 Å². The van der Waals surface area contributed by atoms with Crippen molar-refractivity contribution in [2.24, 2.45) is 5.73 Å². The number of thioether (sulfide) groups is 1. The number of primary amides is 1. The summed E-state index contributed by atoms with van der Waals surface area (Å²) in [5, 5.41) is 12.8. The van der Waals surface area contributed by atoms with Crippen LogP contribution in [0.25, 0.3) is 0 Å². The van der Waals surface area contributed by atoms with Gasteiger partial charge in [-0.2, -0.15) is 5.26 Å². The third kappa shape index (κ3) is 2.87. The Morgan fingerprint density at radius 2 is 2.25 bits per heavy atom. The van der Waals surface area contributed by atoms with Crippen molar-refractivity contribution in [3.8, 4) is 6.07 Å². The highest BCUT2D eigenvalue weighted by molar-refractivity contribution is 7.98. The van der Waals surface area contributed by atoms with E-state index < -0.39 is 5.91 Å². The average Bonchev–Trinajstić information content (AvgIpc) is 2.47. The summed E-state index contributed by atoms with van der Waals surface area (Å²) in [6, 6.07) is 8.75. The van der Waals surface area contributed by atoms with Gasteiger partial charge in [0, 0.05) is 11.3 Å². The lowest BCUT2D eigenvalue weighted by Crippen LogP contribution is -2.11. The monoisotopic (exact) mass is 285 g/mol. The van der Waals surface area contributed by atoms with Crippen molar-refractivity contribution in [2.75, 3.05) is 11.6 Å². The summed E-state index contributed by atoms with van der Waals surface area (Å²) in [6.07, 6.45) is 3.22. The second-order valence-corrected chi connectivity index (χ2v) is 4.58. The molecule has 7 heteroatoms. The van der Waals surface area contributed by atoms with Gasteiger partial charge in [0.1, 0.15) is 23.0 Å². The van der Waals surface area contributed by atoms with Crippen LogP contribution in [0.15, 0.2) is 35.6 Å². The predicted octanol–water partition coefficient (Wildman–Crippen LogP) is 1.91. The fourth-order valence-electron chi connectivity index (χ4n) is 1.61. The molecule has 1 amide bonds. The zero-order chi connectivity index (χ0) is 14.5. The molecule has 0 fully saturated rings. The van der Waals surface area contributed by atoms with E-state index in [9.17, 15) is 10.1 Å². The van der Waals surface area contributed by atoms with Crippen LogP contribution in [0, 0.1) is 11.3 Å². The van der Waals surface area contributed by atoms with E-state index in [0.29, 0.717) is 27.7 Å². The van der Waals surface area contributed by atoms with Gasteiger partial charge in [-0.1, -0.05) is 6.07 Å². The Hall–Kier alpha value is -2.59. The van der Waals surface area contributed by atoms with Gasteiger partial charge in [-0.05, 0) is 24.5 Å². The molecule has 2 rings (SSSR count). The van der Waals surface area contributed by atoms with Crippen molar-refractivity contribution in [2.45, 2.75) is 5.03 Å². The Kier molecular flexibility index (Phi) is 4.17. The molecule has 0 radical (unpaired) electrons. The number of amides is 1. The SMILES string of the molecule is CSc1ncnc(Nc2cccc(C(N)=O)c2)c1C#N. The van der Waals surface area contributed by atoms with E-state index in [1.165, 1.54) is 18.1 Å². The molecular formula is C13H11N5OS. The van der Waals surface area contributed by atoms with Gasteiger partial charge in [0.2, 0.25) is 5.91 Å². The molecule has 0 saturated carbocycles. The second-order valence-electron chi connectivity index (χ2n) is 3.79. The zero-order valence-electron chi connectivity index (χ0n) is 10.6. The first-order valence-electron chi connectivity index (χ1n) is 5.61. The van der Waals surface area contributed by atoms with E-state index in [0.717, 1.165) is 0 Å². The molecule has 1 aromatic carbocycles. The van der Waals surface area contributed by atoms with Crippen LogP contribution >= 0.6 is 11.8 Å². The first-order chi connectivity index (χ1) is 9.65. The number of nitrogens with zero attached hydrogens (tertiary/aromatic N) is 3. The van der Waals surface area contributed by atoms with Crippen LogP contribution in [0.2, 0.25) is 0 Å². The van der Waals surface area contributed by atoms with Gasteiger partial charge in [-0.3, -0.25) is 4.79 Å². The minimum absolute atomic E-state index is 0.365. The van der Waals surface area contributed by atoms with Gasteiger partial charge in [0.25, 0.3) is 0 Å². The lowest BCUT2D eigenvalue weighted by atomic mass is 10.2. The van der Waals surface area contributed by atoms with Crippen molar-refractivity contribution in [3.63, 3.8) is 0 Å². The van der Waals surface area contributed by atoms with Crippen LogP contribution in [0.5, 0.6) is 0 Å². The van der Waals surface area contributed by atoms with Crippen LogP contribution in [0.4, 0.5) is 11.5 Å². The maximum atomic E-state index is 11.1. The molecule has 0 unspecified atom stereocenters. The molecule has 0 aliphatic rings. The number of aromatic nitrogens is 2. The molecule has 0 aliphatic heterocycles. The smallest absolute Gasteiger partial charge is 0.248 e. The molecule has 0 spiro atoms. The first kappa shape index (κ1) is 13.8. The lowest BCUT2D eigenvalue weighted by molar-refractivity contribution is 0.100. The number of anilines is 2. The first-order valence-corrected chi connectivity index (χ1v) is 6.84. The number of rotatable bonds is 4. The minimum Gasteiger partial charge on any atom is -0.366 e. The number of hydrogen-bond acceptors (Lipinski definition) is 6. The number of carbonyl (C=O) groups is 1. The normalized spacial score (nSPS) is 9.80. The molecule has 6 nitrogen and oxygen atoms in total. The molecule has 0 bridgehead atoms. The largest absolute Gasteiger partial charge is 0.366 e. The molecule has 3 N–H and O–H groups in total. The van der Waals surface area contributed by atoms with Gasteiger partial charge in [0.15, 0.2) is 5.82 Å². The summed E-state index contributed by atoms with van der Waals surface area (Å²) < 4.78 is 0. The fourth-order valence-corrected chi connectivity index (χ4v) is 2.11. The molecule has 0 saturated heterocycles. The molecular weight excluding hydrogens is 274 g/mol. The molecule has 20 heavy (non-hydrogen) atoms. The quantitative estimate of drug-likeness (QED) is 0.656. The summed E-state index contributed by atoms with van der Waals surface area (Å²) in [5.41, 5.74) is 6.61. The number of nitriles is 1. The van der Waals surface area contributed by atoms with Crippen molar-refractivity contribution in [1.82, 2.24) is 9.97 Å². The summed E-state index contributed by atoms with van der Waals surface area (Å²) in [4.78, 5) is 19.2. The third-order valence-electron chi connectivity index (χ3n) is 2.53. The van der Waals surface area contributed by atoms with E-state index in [1.54, 1.807) is 24.3 Å². The Balaban J connectivity index is 2.38.